The third-order valence-corrected chi connectivity index (χ3v) is 7.85. The van der Waals surface area contributed by atoms with Crippen molar-refractivity contribution in [3.63, 3.8) is 0 Å². The molecule has 0 atom stereocenters. The monoisotopic (exact) mass is 458 g/mol. The Kier molecular flexibility index (Phi) is 6.30. The summed E-state index contributed by atoms with van der Waals surface area (Å²) in [5, 5.41) is 5.22. The fourth-order valence-corrected chi connectivity index (χ4v) is 5.60. The zero-order valence-electron chi connectivity index (χ0n) is 16.9. The number of nitrogens with one attached hydrogen (secondary N) is 1. The van der Waals surface area contributed by atoms with Gasteiger partial charge in [0.1, 0.15) is 11.4 Å². The molecule has 1 fully saturated rings. The molecule has 1 amide bonds. The van der Waals surface area contributed by atoms with Crippen molar-refractivity contribution < 1.29 is 17.9 Å². The van der Waals surface area contributed by atoms with Crippen molar-refractivity contribution in [1.82, 2.24) is 14.3 Å². The van der Waals surface area contributed by atoms with Crippen LogP contribution in [0, 0.1) is 5.92 Å². The van der Waals surface area contributed by atoms with Gasteiger partial charge in [0, 0.05) is 30.6 Å². The average molecular weight is 459 g/mol. The molecule has 162 valence electrons. The maximum absolute atomic E-state index is 12.9. The van der Waals surface area contributed by atoms with E-state index in [2.05, 4.69) is 15.3 Å². The number of carbonyl (C=O) groups excluding carboxylic acids is 1. The van der Waals surface area contributed by atoms with Crippen molar-refractivity contribution in [2.24, 2.45) is 5.92 Å². The molecule has 1 N–H and O–H groups in total. The molecule has 4 rings (SSSR count). The van der Waals surface area contributed by atoms with Crippen molar-refractivity contribution in [3.05, 3.63) is 54.0 Å². The molecule has 0 unspecified atom stereocenters. The highest BCUT2D eigenvalue weighted by Crippen LogP contribution is 2.27. The fraction of sp³-hybridized carbons (Fsp3) is 0.286. The number of aromatic nitrogens is 2. The molecule has 0 aliphatic carbocycles. The van der Waals surface area contributed by atoms with E-state index in [0.717, 1.165) is 5.69 Å². The second-order valence-electron chi connectivity index (χ2n) is 7.10. The van der Waals surface area contributed by atoms with Crippen LogP contribution in [0.2, 0.25) is 0 Å². The highest BCUT2D eigenvalue weighted by molar-refractivity contribution is 7.89. The summed E-state index contributed by atoms with van der Waals surface area (Å²) in [6.45, 7) is 0.590. The van der Waals surface area contributed by atoms with Crippen molar-refractivity contribution in [2.75, 3.05) is 25.5 Å². The molecule has 0 saturated carbocycles. The summed E-state index contributed by atoms with van der Waals surface area (Å²) in [6.07, 6.45) is 2.61. The lowest BCUT2D eigenvalue weighted by molar-refractivity contribution is -0.120. The summed E-state index contributed by atoms with van der Waals surface area (Å²) < 4.78 is 32.2. The SMILES string of the molecule is COc1ccc(S(=O)(=O)N2CCC(C(=O)Nc3nc(-c4ccccn4)cs3)CC2)cc1. The number of methoxy groups -OCH3 is 1. The van der Waals surface area contributed by atoms with E-state index in [1.165, 1.54) is 34.9 Å². The number of amides is 1. The molecule has 2 aromatic heterocycles. The number of hydrogen-bond acceptors (Lipinski definition) is 7. The van der Waals surface area contributed by atoms with Crippen LogP contribution >= 0.6 is 11.3 Å². The summed E-state index contributed by atoms with van der Waals surface area (Å²) >= 11 is 1.34. The minimum Gasteiger partial charge on any atom is -0.497 e. The summed E-state index contributed by atoms with van der Waals surface area (Å²) in [5.74, 6) is 0.204. The number of nitrogens with zero attached hydrogens (tertiary/aromatic N) is 3. The summed E-state index contributed by atoms with van der Waals surface area (Å²) in [5.41, 5.74) is 1.46. The molecule has 0 bridgehead atoms. The van der Waals surface area contributed by atoms with Gasteiger partial charge in [-0.3, -0.25) is 9.78 Å². The Morgan fingerprint density at radius 3 is 2.52 bits per heavy atom. The normalized spacial score (nSPS) is 15.5. The lowest BCUT2D eigenvalue weighted by Crippen LogP contribution is -2.41. The first kappa shape index (κ1) is 21.4. The minimum absolute atomic E-state index is 0.136. The van der Waals surface area contributed by atoms with Crippen LogP contribution in [0.3, 0.4) is 0 Å². The van der Waals surface area contributed by atoms with Gasteiger partial charge in [-0.05, 0) is 49.2 Å². The smallest absolute Gasteiger partial charge is 0.243 e. The molecule has 0 spiro atoms. The molecule has 1 aliphatic rings. The lowest BCUT2D eigenvalue weighted by atomic mass is 9.97. The fourth-order valence-electron chi connectivity index (χ4n) is 3.43. The van der Waals surface area contributed by atoms with Gasteiger partial charge in [-0.15, -0.1) is 11.3 Å². The maximum Gasteiger partial charge on any atom is 0.243 e. The maximum atomic E-state index is 12.9. The number of pyridine rings is 1. The van der Waals surface area contributed by atoms with Crippen LogP contribution in [0.5, 0.6) is 5.75 Å². The van der Waals surface area contributed by atoms with Gasteiger partial charge in [-0.1, -0.05) is 6.07 Å². The molecular weight excluding hydrogens is 436 g/mol. The van der Waals surface area contributed by atoms with E-state index in [-0.39, 0.29) is 16.7 Å². The first-order valence-electron chi connectivity index (χ1n) is 9.79. The number of ether oxygens (including phenoxy) is 1. The number of piperidine rings is 1. The summed E-state index contributed by atoms with van der Waals surface area (Å²) in [4.78, 5) is 21.6. The molecule has 31 heavy (non-hydrogen) atoms. The quantitative estimate of drug-likeness (QED) is 0.608. The molecule has 10 heteroatoms. The number of rotatable bonds is 6. The van der Waals surface area contributed by atoms with Crippen LogP contribution in [0.25, 0.3) is 11.4 Å². The third kappa shape index (κ3) is 4.76. The predicted octanol–water partition coefficient (Wildman–Crippen LogP) is 3.25. The van der Waals surface area contributed by atoms with Crippen LogP contribution in [-0.2, 0) is 14.8 Å². The van der Waals surface area contributed by atoms with E-state index in [0.29, 0.717) is 42.5 Å². The summed E-state index contributed by atoms with van der Waals surface area (Å²) in [6, 6.07) is 11.9. The number of hydrogen-bond donors (Lipinski definition) is 1. The molecule has 1 aromatic carbocycles. The number of thiazole rings is 1. The molecule has 1 saturated heterocycles. The van der Waals surface area contributed by atoms with Gasteiger partial charge in [0.25, 0.3) is 0 Å². The number of anilines is 1. The van der Waals surface area contributed by atoms with Crippen molar-refractivity contribution in [2.45, 2.75) is 17.7 Å². The predicted molar refractivity (Wildman–Crippen MR) is 118 cm³/mol. The Morgan fingerprint density at radius 1 is 1.13 bits per heavy atom. The molecule has 3 heterocycles. The zero-order valence-corrected chi connectivity index (χ0v) is 18.5. The first-order valence-corrected chi connectivity index (χ1v) is 12.1. The first-order chi connectivity index (χ1) is 15.0. The summed E-state index contributed by atoms with van der Waals surface area (Å²) in [7, 11) is -2.06. The van der Waals surface area contributed by atoms with E-state index in [4.69, 9.17) is 4.74 Å². The van der Waals surface area contributed by atoms with Crippen LogP contribution in [0.15, 0.2) is 58.9 Å². The van der Waals surface area contributed by atoms with Crippen LogP contribution in [0.1, 0.15) is 12.8 Å². The number of benzene rings is 1. The van der Waals surface area contributed by atoms with Gasteiger partial charge in [0.2, 0.25) is 15.9 Å². The minimum atomic E-state index is -3.59. The Morgan fingerprint density at radius 2 is 1.87 bits per heavy atom. The van der Waals surface area contributed by atoms with Gasteiger partial charge in [-0.2, -0.15) is 4.31 Å². The largest absolute Gasteiger partial charge is 0.497 e. The topological polar surface area (TPSA) is 101 Å². The van der Waals surface area contributed by atoms with E-state index in [1.807, 2.05) is 23.6 Å². The van der Waals surface area contributed by atoms with Crippen molar-refractivity contribution in [1.29, 1.82) is 0 Å². The molecule has 0 radical (unpaired) electrons. The Labute approximate surface area is 185 Å². The average Bonchev–Trinajstić information content (AvgIpc) is 3.28. The van der Waals surface area contributed by atoms with E-state index in [9.17, 15) is 13.2 Å². The lowest BCUT2D eigenvalue weighted by Gasteiger charge is -2.30. The van der Waals surface area contributed by atoms with Crippen LogP contribution in [-0.4, -0.2) is 48.8 Å². The van der Waals surface area contributed by atoms with Crippen molar-refractivity contribution >= 4 is 32.4 Å². The van der Waals surface area contributed by atoms with Crippen LogP contribution < -0.4 is 10.1 Å². The molecule has 3 aromatic rings. The third-order valence-electron chi connectivity index (χ3n) is 5.18. The van der Waals surface area contributed by atoms with Gasteiger partial charge >= 0.3 is 0 Å². The second kappa shape index (κ2) is 9.13. The molecule has 1 aliphatic heterocycles. The Bertz CT molecular complexity index is 1140. The molecule has 8 nitrogen and oxygen atoms in total. The zero-order chi connectivity index (χ0) is 21.8. The second-order valence-corrected chi connectivity index (χ2v) is 9.89. The van der Waals surface area contributed by atoms with Crippen LogP contribution in [0.4, 0.5) is 5.13 Å². The highest BCUT2D eigenvalue weighted by atomic mass is 32.2. The van der Waals surface area contributed by atoms with Gasteiger partial charge in [0.15, 0.2) is 5.13 Å². The van der Waals surface area contributed by atoms with E-state index >= 15 is 0 Å². The van der Waals surface area contributed by atoms with E-state index in [1.54, 1.807) is 18.3 Å². The number of carbonyl (C=O) groups is 1. The van der Waals surface area contributed by atoms with Gasteiger partial charge < -0.3 is 10.1 Å². The highest BCUT2D eigenvalue weighted by Gasteiger charge is 2.32. The van der Waals surface area contributed by atoms with Gasteiger partial charge in [0.05, 0.1) is 17.7 Å². The standard InChI is InChI=1S/C21H22N4O4S2/c1-29-16-5-7-17(8-6-16)31(27,28)25-12-9-15(10-13-25)20(26)24-21-23-19(14-30-21)18-4-2-3-11-22-18/h2-8,11,14-15H,9-10,12-13H2,1H3,(H,23,24,26). The van der Waals surface area contributed by atoms with E-state index < -0.39 is 10.0 Å². The Balaban J connectivity index is 1.35. The molecular formula is C21H22N4O4S2. The van der Waals surface area contributed by atoms with Gasteiger partial charge in [-0.25, -0.2) is 13.4 Å². The van der Waals surface area contributed by atoms with Crippen molar-refractivity contribution in [3.8, 4) is 17.1 Å². The number of sulfonamides is 1. The Hall–Kier alpha value is -2.82.